The van der Waals surface area contributed by atoms with Crippen molar-refractivity contribution in [2.75, 3.05) is 0 Å². The van der Waals surface area contributed by atoms with Crippen LogP contribution in [0.4, 0.5) is 5.69 Å². The molecule has 0 bridgehead atoms. The fraction of sp³-hybridized carbons (Fsp3) is 0.333. The first-order chi connectivity index (χ1) is 10.9. The predicted molar refractivity (Wildman–Crippen MR) is 75.9 cm³/mol. The summed E-state index contributed by atoms with van der Waals surface area (Å²) in [4.78, 5) is 59.5. The van der Waals surface area contributed by atoms with Crippen LogP contribution in [0.2, 0.25) is 0 Å². The molecule has 1 fully saturated rings. The number of hydrogen-bond donors (Lipinski definition) is 0. The molecular weight excluding hydrogens is 304 g/mol. The van der Waals surface area contributed by atoms with E-state index in [9.17, 15) is 29.3 Å². The minimum absolute atomic E-state index is 0.0453. The molecule has 1 aliphatic heterocycles. The lowest BCUT2D eigenvalue weighted by molar-refractivity contribution is -0.384. The Kier molecular flexibility index (Phi) is 3.51. The first kappa shape index (κ1) is 15.0. The summed E-state index contributed by atoms with van der Waals surface area (Å²) in [5.41, 5.74) is -0.328. The Morgan fingerprint density at radius 3 is 2.48 bits per heavy atom. The molecule has 2 aliphatic rings. The van der Waals surface area contributed by atoms with Crippen LogP contribution in [0.25, 0.3) is 0 Å². The zero-order chi connectivity index (χ0) is 16.7. The standard InChI is InChI=1S/C15H12N2O6/c18-9-2-1-3-12(13(19)7-9)16-14(20)10-5-4-8(17(22)23)6-11(10)15(16)21/h4-6,12H,1-3,7H2/t12-/m0/s1. The van der Waals surface area contributed by atoms with Crippen molar-refractivity contribution in [3.63, 3.8) is 0 Å². The van der Waals surface area contributed by atoms with Gasteiger partial charge in [-0.1, -0.05) is 0 Å². The number of Topliss-reactive ketones (excluding diaryl/α,β-unsaturated/α-hetero) is 2. The number of amides is 2. The van der Waals surface area contributed by atoms with Gasteiger partial charge < -0.3 is 0 Å². The molecule has 1 saturated carbocycles. The fourth-order valence-electron chi connectivity index (χ4n) is 2.97. The van der Waals surface area contributed by atoms with E-state index in [1.54, 1.807) is 0 Å². The highest BCUT2D eigenvalue weighted by Crippen LogP contribution is 2.30. The van der Waals surface area contributed by atoms with Crippen molar-refractivity contribution in [2.45, 2.75) is 31.7 Å². The maximum atomic E-state index is 12.5. The van der Waals surface area contributed by atoms with Crippen molar-refractivity contribution in [2.24, 2.45) is 0 Å². The number of carbonyl (C=O) groups excluding carboxylic acids is 4. The molecule has 0 N–H and O–H groups in total. The molecule has 0 saturated heterocycles. The number of hydrogen-bond acceptors (Lipinski definition) is 6. The van der Waals surface area contributed by atoms with Crippen LogP contribution in [0, 0.1) is 10.1 Å². The van der Waals surface area contributed by atoms with E-state index in [2.05, 4.69) is 0 Å². The highest BCUT2D eigenvalue weighted by molar-refractivity contribution is 6.23. The molecule has 1 heterocycles. The number of ketones is 2. The van der Waals surface area contributed by atoms with Crippen molar-refractivity contribution in [3.8, 4) is 0 Å². The van der Waals surface area contributed by atoms with E-state index < -0.39 is 28.6 Å². The van der Waals surface area contributed by atoms with Crippen molar-refractivity contribution >= 4 is 29.1 Å². The molecule has 0 radical (unpaired) electrons. The van der Waals surface area contributed by atoms with E-state index in [-0.39, 0.29) is 41.9 Å². The summed E-state index contributed by atoms with van der Waals surface area (Å²) >= 11 is 0. The molecule has 1 aromatic rings. The third kappa shape index (κ3) is 2.41. The van der Waals surface area contributed by atoms with E-state index in [4.69, 9.17) is 0 Å². The lowest BCUT2D eigenvalue weighted by atomic mass is 10.1. The summed E-state index contributed by atoms with van der Waals surface area (Å²) in [6.07, 6.45) is 0.607. The summed E-state index contributed by atoms with van der Waals surface area (Å²) in [6, 6.07) is 2.43. The second kappa shape index (κ2) is 5.38. The number of non-ortho nitro benzene ring substituents is 1. The molecule has 2 amide bonds. The van der Waals surface area contributed by atoms with E-state index in [0.29, 0.717) is 6.42 Å². The summed E-state index contributed by atoms with van der Waals surface area (Å²) in [6.45, 7) is 0. The minimum Gasteiger partial charge on any atom is -0.299 e. The van der Waals surface area contributed by atoms with Crippen molar-refractivity contribution in [3.05, 3.63) is 39.4 Å². The van der Waals surface area contributed by atoms with Crippen LogP contribution in [0.15, 0.2) is 18.2 Å². The van der Waals surface area contributed by atoms with Crippen molar-refractivity contribution < 1.29 is 24.1 Å². The molecule has 8 heteroatoms. The molecular formula is C15H12N2O6. The summed E-state index contributed by atoms with van der Waals surface area (Å²) < 4.78 is 0. The number of nitrogens with zero attached hydrogens (tertiary/aromatic N) is 2. The Hall–Kier alpha value is -2.90. The van der Waals surface area contributed by atoms with E-state index in [1.807, 2.05) is 0 Å². The van der Waals surface area contributed by atoms with Gasteiger partial charge in [0, 0.05) is 18.6 Å². The third-order valence-electron chi connectivity index (χ3n) is 4.10. The van der Waals surface area contributed by atoms with Gasteiger partial charge in [0.2, 0.25) is 0 Å². The largest absolute Gasteiger partial charge is 0.299 e. The van der Waals surface area contributed by atoms with Crippen LogP contribution in [-0.2, 0) is 9.59 Å². The van der Waals surface area contributed by atoms with Crippen LogP contribution < -0.4 is 0 Å². The number of nitro benzene ring substituents is 1. The second-order valence-corrected chi connectivity index (χ2v) is 5.56. The first-order valence-corrected chi connectivity index (χ1v) is 7.11. The first-order valence-electron chi connectivity index (χ1n) is 7.11. The third-order valence-corrected chi connectivity index (χ3v) is 4.10. The van der Waals surface area contributed by atoms with Crippen molar-refractivity contribution in [1.29, 1.82) is 0 Å². The molecule has 1 aromatic carbocycles. The highest BCUT2D eigenvalue weighted by atomic mass is 16.6. The van der Waals surface area contributed by atoms with E-state index in [1.165, 1.54) is 6.07 Å². The lowest BCUT2D eigenvalue weighted by Gasteiger charge is -2.23. The SMILES string of the molecule is O=C1CCC[C@H](N2C(=O)c3ccc([N+](=O)[O-])cc3C2=O)C(=O)C1. The van der Waals surface area contributed by atoms with E-state index in [0.717, 1.165) is 17.0 Å². The Labute approximate surface area is 130 Å². The van der Waals surface area contributed by atoms with Gasteiger partial charge in [-0.15, -0.1) is 0 Å². The molecule has 0 aromatic heterocycles. The Balaban J connectivity index is 1.98. The molecule has 0 unspecified atom stereocenters. The Morgan fingerprint density at radius 2 is 1.78 bits per heavy atom. The number of imide groups is 1. The molecule has 23 heavy (non-hydrogen) atoms. The normalized spacial score (nSPS) is 21.4. The Bertz CT molecular complexity index is 769. The number of carbonyl (C=O) groups is 4. The summed E-state index contributed by atoms with van der Waals surface area (Å²) in [5, 5.41) is 10.8. The zero-order valence-corrected chi connectivity index (χ0v) is 12.0. The molecule has 1 atom stereocenters. The number of benzene rings is 1. The van der Waals surface area contributed by atoms with Gasteiger partial charge in [-0.25, -0.2) is 0 Å². The van der Waals surface area contributed by atoms with Gasteiger partial charge in [-0.3, -0.25) is 34.2 Å². The number of nitro groups is 1. The van der Waals surface area contributed by atoms with Gasteiger partial charge in [0.05, 0.1) is 28.5 Å². The van der Waals surface area contributed by atoms with Crippen LogP contribution in [-0.4, -0.2) is 39.2 Å². The fourth-order valence-corrected chi connectivity index (χ4v) is 2.97. The molecule has 118 valence electrons. The van der Waals surface area contributed by atoms with Gasteiger partial charge >= 0.3 is 0 Å². The summed E-state index contributed by atoms with van der Waals surface area (Å²) in [5.74, 6) is -2.03. The number of fused-ring (bicyclic) bond motifs is 1. The average molecular weight is 316 g/mol. The average Bonchev–Trinajstić information content (AvgIpc) is 2.64. The minimum atomic E-state index is -0.979. The van der Waals surface area contributed by atoms with Crippen LogP contribution in [0.3, 0.4) is 0 Å². The quantitative estimate of drug-likeness (QED) is 0.267. The topological polar surface area (TPSA) is 115 Å². The van der Waals surface area contributed by atoms with E-state index >= 15 is 0 Å². The maximum absolute atomic E-state index is 12.5. The van der Waals surface area contributed by atoms with Crippen LogP contribution >= 0.6 is 0 Å². The van der Waals surface area contributed by atoms with Gasteiger partial charge in [0.1, 0.15) is 5.78 Å². The second-order valence-electron chi connectivity index (χ2n) is 5.56. The number of rotatable bonds is 2. The molecule has 3 rings (SSSR count). The van der Waals surface area contributed by atoms with Crippen molar-refractivity contribution in [1.82, 2.24) is 4.90 Å². The van der Waals surface area contributed by atoms with Gasteiger partial charge in [0.25, 0.3) is 17.5 Å². The lowest BCUT2D eigenvalue weighted by Crippen LogP contribution is -2.44. The van der Waals surface area contributed by atoms with Crippen LogP contribution in [0.1, 0.15) is 46.4 Å². The highest BCUT2D eigenvalue weighted by Gasteiger charge is 2.44. The molecule has 1 aliphatic carbocycles. The monoisotopic (exact) mass is 316 g/mol. The smallest absolute Gasteiger partial charge is 0.270 e. The van der Waals surface area contributed by atoms with Gasteiger partial charge in [-0.05, 0) is 18.9 Å². The molecule has 8 nitrogen and oxygen atoms in total. The Morgan fingerprint density at radius 1 is 1.09 bits per heavy atom. The van der Waals surface area contributed by atoms with Crippen LogP contribution in [0.5, 0.6) is 0 Å². The molecule has 0 spiro atoms. The van der Waals surface area contributed by atoms with Gasteiger partial charge in [-0.2, -0.15) is 0 Å². The zero-order valence-electron chi connectivity index (χ0n) is 12.0. The summed E-state index contributed by atoms with van der Waals surface area (Å²) in [7, 11) is 0. The predicted octanol–water partition coefficient (Wildman–Crippen LogP) is 1.27. The maximum Gasteiger partial charge on any atom is 0.270 e. The van der Waals surface area contributed by atoms with Gasteiger partial charge in [0.15, 0.2) is 5.78 Å².